The summed E-state index contributed by atoms with van der Waals surface area (Å²) in [6.45, 7) is 1.99. The molecule has 28 heavy (non-hydrogen) atoms. The van der Waals surface area contributed by atoms with Gasteiger partial charge in [-0.2, -0.15) is 0 Å². The van der Waals surface area contributed by atoms with Crippen LogP contribution >= 0.6 is 34.7 Å². The smallest absolute Gasteiger partial charge is 0.255 e. The summed E-state index contributed by atoms with van der Waals surface area (Å²) in [6.07, 6.45) is 0. The summed E-state index contributed by atoms with van der Waals surface area (Å²) in [7, 11) is 3.04. The molecule has 0 atom stereocenters. The number of aromatic nitrogens is 1. The zero-order chi connectivity index (χ0) is 20.1. The number of amides is 1. The maximum Gasteiger partial charge on any atom is 0.255 e. The number of aryl methyl sites for hydroxylation is 1. The fraction of sp³-hybridized carbons (Fsp3) is 0.200. The summed E-state index contributed by atoms with van der Waals surface area (Å²) < 4.78 is 11.5. The van der Waals surface area contributed by atoms with Crippen molar-refractivity contribution in [3.8, 4) is 11.5 Å². The van der Waals surface area contributed by atoms with Crippen molar-refractivity contribution >= 4 is 46.3 Å². The highest BCUT2D eigenvalue weighted by Crippen LogP contribution is 2.36. The standard InChI is InChI=1S/C20H19ClN2O3S2/c1-12-10-27-20(22-12)28-11-13-4-6-14(7-5-13)19(24)23-16-8-15(21)17(25-2)9-18(16)26-3/h4-10H,11H2,1-3H3,(H,23,24). The fourth-order valence-electron chi connectivity index (χ4n) is 2.45. The van der Waals surface area contributed by atoms with Crippen molar-refractivity contribution in [2.24, 2.45) is 0 Å². The maximum absolute atomic E-state index is 12.6. The van der Waals surface area contributed by atoms with E-state index in [4.69, 9.17) is 21.1 Å². The Morgan fingerprint density at radius 1 is 1.18 bits per heavy atom. The van der Waals surface area contributed by atoms with Crippen LogP contribution in [0.25, 0.3) is 0 Å². The zero-order valence-electron chi connectivity index (χ0n) is 15.6. The first-order valence-electron chi connectivity index (χ1n) is 8.37. The average Bonchev–Trinajstić information content (AvgIpc) is 3.12. The van der Waals surface area contributed by atoms with Crippen LogP contribution in [-0.4, -0.2) is 25.1 Å². The lowest BCUT2D eigenvalue weighted by Gasteiger charge is -2.13. The predicted octanol–water partition coefficient (Wildman–Crippen LogP) is 5.67. The van der Waals surface area contributed by atoms with E-state index in [9.17, 15) is 4.79 Å². The Morgan fingerprint density at radius 3 is 2.50 bits per heavy atom. The molecule has 0 spiro atoms. The number of nitrogens with one attached hydrogen (secondary N) is 1. The summed E-state index contributed by atoms with van der Waals surface area (Å²) in [5.74, 6) is 1.51. The number of hydrogen-bond donors (Lipinski definition) is 1. The number of ether oxygens (including phenoxy) is 2. The van der Waals surface area contributed by atoms with Crippen molar-refractivity contribution in [1.82, 2.24) is 4.98 Å². The highest BCUT2D eigenvalue weighted by Gasteiger charge is 2.14. The minimum atomic E-state index is -0.241. The van der Waals surface area contributed by atoms with Crippen molar-refractivity contribution in [2.45, 2.75) is 17.0 Å². The summed E-state index contributed by atoms with van der Waals surface area (Å²) >= 11 is 9.48. The highest BCUT2D eigenvalue weighted by molar-refractivity contribution is 8.00. The Kier molecular flexibility index (Phi) is 6.83. The lowest BCUT2D eigenvalue weighted by atomic mass is 10.1. The molecule has 0 bridgehead atoms. The van der Waals surface area contributed by atoms with Crippen LogP contribution < -0.4 is 14.8 Å². The van der Waals surface area contributed by atoms with Gasteiger partial charge >= 0.3 is 0 Å². The van der Waals surface area contributed by atoms with Gasteiger partial charge in [0.15, 0.2) is 0 Å². The number of thioether (sulfide) groups is 1. The molecule has 0 radical (unpaired) electrons. The van der Waals surface area contributed by atoms with E-state index < -0.39 is 0 Å². The van der Waals surface area contributed by atoms with Gasteiger partial charge in [-0.15, -0.1) is 11.3 Å². The predicted molar refractivity (Wildman–Crippen MR) is 115 cm³/mol. The summed E-state index contributed by atoms with van der Waals surface area (Å²) in [4.78, 5) is 17.0. The number of hydrogen-bond acceptors (Lipinski definition) is 6. The van der Waals surface area contributed by atoms with E-state index in [0.29, 0.717) is 27.8 Å². The quantitative estimate of drug-likeness (QED) is 0.485. The van der Waals surface area contributed by atoms with E-state index in [0.717, 1.165) is 21.3 Å². The first kappa shape index (κ1) is 20.5. The molecule has 0 saturated carbocycles. The van der Waals surface area contributed by atoms with Crippen molar-refractivity contribution in [2.75, 3.05) is 19.5 Å². The fourth-order valence-corrected chi connectivity index (χ4v) is 4.49. The molecule has 2 aromatic carbocycles. The lowest BCUT2D eigenvalue weighted by molar-refractivity contribution is 0.102. The molecule has 3 aromatic rings. The van der Waals surface area contributed by atoms with Crippen LogP contribution in [0.1, 0.15) is 21.6 Å². The van der Waals surface area contributed by atoms with Gasteiger partial charge in [-0.05, 0) is 30.7 Å². The largest absolute Gasteiger partial charge is 0.495 e. The van der Waals surface area contributed by atoms with E-state index in [1.54, 1.807) is 47.4 Å². The Bertz CT molecular complexity index is 974. The Hall–Kier alpha value is -2.22. The van der Waals surface area contributed by atoms with E-state index in [-0.39, 0.29) is 5.91 Å². The number of nitrogens with zero attached hydrogens (tertiary/aromatic N) is 1. The van der Waals surface area contributed by atoms with Crippen LogP contribution in [0.5, 0.6) is 11.5 Å². The first-order chi connectivity index (χ1) is 13.5. The van der Waals surface area contributed by atoms with Gasteiger partial charge in [0.2, 0.25) is 0 Å². The molecule has 0 aliphatic rings. The third-order valence-corrected chi connectivity index (χ3v) is 6.40. The molecule has 0 unspecified atom stereocenters. The van der Waals surface area contributed by atoms with Gasteiger partial charge < -0.3 is 14.8 Å². The number of carbonyl (C=O) groups is 1. The van der Waals surface area contributed by atoms with Gasteiger partial charge in [-0.1, -0.05) is 35.5 Å². The molecule has 0 aliphatic carbocycles. The summed E-state index contributed by atoms with van der Waals surface area (Å²) in [5.41, 5.74) is 3.19. The number of halogens is 1. The maximum atomic E-state index is 12.6. The molecular weight excluding hydrogens is 416 g/mol. The van der Waals surface area contributed by atoms with E-state index in [1.165, 1.54) is 14.2 Å². The van der Waals surface area contributed by atoms with Crippen molar-refractivity contribution in [3.05, 3.63) is 63.6 Å². The topological polar surface area (TPSA) is 60.5 Å². The van der Waals surface area contributed by atoms with Crippen LogP contribution in [-0.2, 0) is 5.75 Å². The van der Waals surface area contributed by atoms with Gasteiger partial charge in [0.05, 0.1) is 24.9 Å². The minimum absolute atomic E-state index is 0.241. The number of methoxy groups -OCH3 is 2. The summed E-state index contributed by atoms with van der Waals surface area (Å²) in [6, 6.07) is 10.7. The monoisotopic (exact) mass is 434 g/mol. The number of thiazole rings is 1. The second-order valence-corrected chi connectivity index (χ2v) is 8.37. The molecule has 1 heterocycles. The summed E-state index contributed by atoms with van der Waals surface area (Å²) in [5, 5.41) is 5.26. The Balaban J connectivity index is 1.67. The molecule has 0 aliphatic heterocycles. The van der Waals surface area contributed by atoms with E-state index in [2.05, 4.69) is 10.3 Å². The number of carbonyl (C=O) groups excluding carboxylic acids is 1. The number of rotatable bonds is 7. The first-order valence-corrected chi connectivity index (χ1v) is 10.6. The second-order valence-electron chi connectivity index (χ2n) is 5.88. The van der Waals surface area contributed by atoms with Gasteiger partial charge in [0.1, 0.15) is 15.8 Å². The Morgan fingerprint density at radius 2 is 1.89 bits per heavy atom. The molecule has 1 aromatic heterocycles. The third kappa shape index (κ3) is 4.98. The van der Waals surface area contributed by atoms with Crippen LogP contribution in [0.3, 0.4) is 0 Å². The minimum Gasteiger partial charge on any atom is -0.495 e. The zero-order valence-corrected chi connectivity index (χ0v) is 18.0. The molecule has 0 saturated heterocycles. The van der Waals surface area contributed by atoms with Gasteiger partial charge in [0.25, 0.3) is 5.91 Å². The average molecular weight is 435 g/mol. The number of anilines is 1. The van der Waals surface area contributed by atoms with Crippen LogP contribution in [0.4, 0.5) is 5.69 Å². The molecule has 0 fully saturated rings. The molecular formula is C20H19ClN2O3S2. The normalized spacial score (nSPS) is 10.6. The highest BCUT2D eigenvalue weighted by atomic mass is 35.5. The number of benzene rings is 2. The van der Waals surface area contributed by atoms with Gasteiger partial charge in [-0.3, -0.25) is 4.79 Å². The molecule has 3 rings (SSSR count). The Labute approximate surface area is 177 Å². The third-order valence-electron chi connectivity index (χ3n) is 3.90. The van der Waals surface area contributed by atoms with Crippen LogP contribution in [0.15, 0.2) is 46.1 Å². The molecule has 8 heteroatoms. The van der Waals surface area contributed by atoms with E-state index in [1.807, 2.05) is 24.4 Å². The second kappa shape index (κ2) is 9.32. The van der Waals surface area contributed by atoms with E-state index >= 15 is 0 Å². The van der Waals surface area contributed by atoms with Crippen LogP contribution in [0.2, 0.25) is 5.02 Å². The molecule has 146 valence electrons. The van der Waals surface area contributed by atoms with Crippen molar-refractivity contribution in [1.29, 1.82) is 0 Å². The molecule has 1 amide bonds. The van der Waals surface area contributed by atoms with Crippen LogP contribution in [0, 0.1) is 6.92 Å². The molecule has 5 nitrogen and oxygen atoms in total. The van der Waals surface area contributed by atoms with Crippen molar-refractivity contribution in [3.63, 3.8) is 0 Å². The lowest BCUT2D eigenvalue weighted by Crippen LogP contribution is -2.12. The van der Waals surface area contributed by atoms with Gasteiger partial charge in [-0.25, -0.2) is 4.98 Å². The molecule has 1 N–H and O–H groups in total. The van der Waals surface area contributed by atoms with Crippen molar-refractivity contribution < 1.29 is 14.3 Å². The van der Waals surface area contributed by atoms with Gasteiger partial charge in [0, 0.05) is 28.5 Å². The SMILES string of the molecule is COc1cc(OC)c(NC(=O)c2ccc(CSc3nc(C)cs3)cc2)cc1Cl.